The number of hydrogen-bond donors (Lipinski definition) is 3. The third kappa shape index (κ3) is 6.15. The van der Waals surface area contributed by atoms with Crippen LogP contribution in [0, 0.1) is 12.8 Å². The maximum atomic E-state index is 12.9. The highest BCUT2D eigenvalue weighted by atomic mass is 16.6. The molecule has 3 amide bonds. The first-order chi connectivity index (χ1) is 17.7. The number of pyridine rings is 1. The number of hydrogen-bond acceptors (Lipinski definition) is 7. The molecule has 1 aliphatic rings. The zero-order valence-corrected chi connectivity index (χ0v) is 20.9. The van der Waals surface area contributed by atoms with Gasteiger partial charge in [-0.1, -0.05) is 18.2 Å². The van der Waals surface area contributed by atoms with Crippen LogP contribution < -0.4 is 15.5 Å². The number of rotatable bonds is 7. The summed E-state index contributed by atoms with van der Waals surface area (Å²) in [4.78, 5) is 43.2. The molecule has 1 aliphatic heterocycles. The Morgan fingerprint density at radius 1 is 1.11 bits per heavy atom. The number of carbonyl (C=O) groups is 3. The molecule has 0 unspecified atom stereocenters. The van der Waals surface area contributed by atoms with Crippen LogP contribution >= 0.6 is 0 Å². The second-order valence-electron chi connectivity index (χ2n) is 9.25. The van der Waals surface area contributed by atoms with Gasteiger partial charge in [0.25, 0.3) is 5.91 Å². The van der Waals surface area contributed by atoms with Crippen LogP contribution in [0.5, 0.6) is 5.75 Å². The Labute approximate surface area is 214 Å². The maximum absolute atomic E-state index is 12.9. The third-order valence-corrected chi connectivity index (χ3v) is 6.12. The Bertz CT molecular complexity index is 1290. The lowest BCUT2D eigenvalue weighted by atomic mass is 10.0. The largest absolute Gasteiger partial charge is 0.489 e. The number of hydroxylamine groups is 1. The first kappa shape index (κ1) is 25.9. The number of fused-ring (bicyclic) bond motifs is 1. The molecule has 4 rings (SSSR count). The lowest BCUT2D eigenvalue weighted by Crippen LogP contribution is -2.45. The highest BCUT2D eigenvalue weighted by molar-refractivity contribution is 5.95. The van der Waals surface area contributed by atoms with Crippen molar-refractivity contribution in [2.45, 2.75) is 39.5 Å². The third-order valence-electron chi connectivity index (χ3n) is 6.12. The van der Waals surface area contributed by atoms with Gasteiger partial charge in [0, 0.05) is 35.3 Å². The van der Waals surface area contributed by atoms with Crippen molar-refractivity contribution in [2.75, 3.05) is 13.1 Å². The molecule has 0 radical (unpaired) electrons. The van der Waals surface area contributed by atoms with E-state index in [9.17, 15) is 14.4 Å². The molecule has 194 valence electrons. The van der Waals surface area contributed by atoms with Crippen molar-refractivity contribution in [3.63, 3.8) is 0 Å². The Balaban J connectivity index is 1.40. The van der Waals surface area contributed by atoms with Crippen LogP contribution in [0.25, 0.3) is 10.9 Å². The zero-order chi connectivity index (χ0) is 26.5. The molecule has 3 N–H and O–H groups in total. The summed E-state index contributed by atoms with van der Waals surface area (Å²) in [5, 5.41) is 12.9. The maximum Gasteiger partial charge on any atom is 0.410 e. The van der Waals surface area contributed by atoms with Crippen LogP contribution in [0.15, 0.2) is 54.6 Å². The number of aryl methyl sites for hydroxylation is 1. The van der Waals surface area contributed by atoms with Crippen molar-refractivity contribution >= 4 is 28.8 Å². The molecule has 0 saturated carbocycles. The number of ether oxygens (including phenoxy) is 2. The van der Waals surface area contributed by atoms with Crippen molar-refractivity contribution in [2.24, 2.45) is 5.92 Å². The predicted molar refractivity (Wildman–Crippen MR) is 135 cm³/mol. The minimum Gasteiger partial charge on any atom is -0.489 e. The standard InChI is InChI=1S/C27H30N4O6/c1-16(2)37-27(34)31-13-22(26(33)30-35)24(14-31)29-25(32)18-8-10-20(11-9-18)36-15-19-12-17(3)28-23-7-5-4-6-21(19)23/h4-12,16,22,24,35H,13-15H2,1-3H3,(H,29,32)(H,30,33)/t22-,24+/m0/s1. The number of aromatic nitrogens is 1. The van der Waals surface area contributed by atoms with Gasteiger partial charge in [-0.25, -0.2) is 10.3 Å². The van der Waals surface area contributed by atoms with Gasteiger partial charge < -0.3 is 19.7 Å². The molecule has 1 aromatic heterocycles. The SMILES string of the molecule is Cc1cc(COc2ccc(C(=O)N[C@@H]3CN(C(=O)OC(C)C)C[C@@H]3C(=O)NO)cc2)c2ccccc2n1. The number of para-hydroxylation sites is 1. The van der Waals surface area contributed by atoms with E-state index >= 15 is 0 Å². The fourth-order valence-electron chi connectivity index (χ4n) is 4.35. The average Bonchev–Trinajstić information content (AvgIpc) is 3.30. The van der Waals surface area contributed by atoms with E-state index in [1.54, 1.807) is 43.6 Å². The summed E-state index contributed by atoms with van der Waals surface area (Å²) in [5.74, 6) is -1.33. The summed E-state index contributed by atoms with van der Waals surface area (Å²) in [5.41, 5.74) is 4.80. The molecular weight excluding hydrogens is 476 g/mol. The number of likely N-dealkylation sites (tertiary alicyclic amines) is 1. The lowest BCUT2D eigenvalue weighted by Gasteiger charge is -2.18. The van der Waals surface area contributed by atoms with E-state index < -0.39 is 29.9 Å². The second kappa shape index (κ2) is 11.3. The first-order valence-electron chi connectivity index (χ1n) is 12.0. The van der Waals surface area contributed by atoms with Crippen LogP contribution in [0.3, 0.4) is 0 Å². The molecule has 0 bridgehead atoms. The number of amides is 3. The van der Waals surface area contributed by atoms with Gasteiger partial charge in [-0.3, -0.25) is 19.8 Å². The van der Waals surface area contributed by atoms with E-state index in [1.807, 2.05) is 37.3 Å². The van der Waals surface area contributed by atoms with Crippen LogP contribution in [0.2, 0.25) is 0 Å². The fourth-order valence-corrected chi connectivity index (χ4v) is 4.35. The molecule has 0 spiro atoms. The van der Waals surface area contributed by atoms with Gasteiger partial charge >= 0.3 is 6.09 Å². The van der Waals surface area contributed by atoms with Crippen molar-refractivity contribution < 1.29 is 29.1 Å². The molecule has 3 aromatic rings. The molecule has 10 nitrogen and oxygen atoms in total. The first-order valence-corrected chi connectivity index (χ1v) is 12.0. The number of nitrogens with one attached hydrogen (secondary N) is 2. The Morgan fingerprint density at radius 2 is 1.84 bits per heavy atom. The molecule has 37 heavy (non-hydrogen) atoms. The van der Waals surface area contributed by atoms with E-state index in [1.165, 1.54) is 4.90 Å². The van der Waals surface area contributed by atoms with Crippen molar-refractivity contribution in [1.29, 1.82) is 0 Å². The summed E-state index contributed by atoms with van der Waals surface area (Å²) >= 11 is 0. The van der Waals surface area contributed by atoms with Crippen LogP contribution in [-0.4, -0.2) is 58.2 Å². The van der Waals surface area contributed by atoms with E-state index in [0.29, 0.717) is 17.9 Å². The van der Waals surface area contributed by atoms with Gasteiger partial charge in [0.2, 0.25) is 5.91 Å². The van der Waals surface area contributed by atoms with Crippen LogP contribution in [0.1, 0.15) is 35.5 Å². The quantitative estimate of drug-likeness (QED) is 0.331. The summed E-state index contributed by atoms with van der Waals surface area (Å²) < 4.78 is 11.2. The van der Waals surface area contributed by atoms with Crippen LogP contribution in [0.4, 0.5) is 4.79 Å². The van der Waals surface area contributed by atoms with Crippen LogP contribution in [-0.2, 0) is 16.1 Å². The van der Waals surface area contributed by atoms with Crippen molar-refractivity contribution in [1.82, 2.24) is 20.7 Å². The highest BCUT2D eigenvalue weighted by Gasteiger charge is 2.41. The highest BCUT2D eigenvalue weighted by Crippen LogP contribution is 2.22. The average molecular weight is 507 g/mol. The van der Waals surface area contributed by atoms with Gasteiger partial charge in [-0.05, 0) is 57.2 Å². The minimum atomic E-state index is -0.824. The number of nitrogens with zero attached hydrogens (tertiary/aromatic N) is 2. The Kier molecular flexibility index (Phi) is 7.88. The zero-order valence-electron chi connectivity index (χ0n) is 20.9. The van der Waals surface area contributed by atoms with Gasteiger partial charge in [-0.2, -0.15) is 0 Å². The normalized spacial score (nSPS) is 17.1. The summed E-state index contributed by atoms with van der Waals surface area (Å²) in [7, 11) is 0. The van der Waals surface area contributed by atoms with Gasteiger partial charge in [0.05, 0.1) is 23.6 Å². The van der Waals surface area contributed by atoms with Gasteiger partial charge in [-0.15, -0.1) is 0 Å². The molecule has 2 atom stereocenters. The molecular formula is C27H30N4O6. The molecule has 1 fully saturated rings. The number of carbonyl (C=O) groups excluding carboxylic acids is 3. The summed E-state index contributed by atoms with van der Waals surface area (Å²) in [6, 6.07) is 15.8. The molecule has 2 heterocycles. The Hall–Kier alpha value is -4.18. The summed E-state index contributed by atoms with van der Waals surface area (Å²) in [6.45, 7) is 5.82. The van der Waals surface area contributed by atoms with E-state index in [-0.39, 0.29) is 19.2 Å². The van der Waals surface area contributed by atoms with E-state index in [4.69, 9.17) is 14.7 Å². The predicted octanol–water partition coefficient (Wildman–Crippen LogP) is 3.20. The summed E-state index contributed by atoms with van der Waals surface area (Å²) in [6.07, 6.45) is -0.908. The molecule has 1 saturated heterocycles. The minimum absolute atomic E-state index is 0.0127. The molecule has 10 heteroatoms. The van der Waals surface area contributed by atoms with Gasteiger partial charge in [0.1, 0.15) is 12.4 Å². The van der Waals surface area contributed by atoms with E-state index in [2.05, 4.69) is 10.3 Å². The topological polar surface area (TPSA) is 130 Å². The smallest absolute Gasteiger partial charge is 0.410 e. The monoisotopic (exact) mass is 506 g/mol. The van der Waals surface area contributed by atoms with Crippen molar-refractivity contribution in [3.8, 4) is 5.75 Å². The van der Waals surface area contributed by atoms with Gasteiger partial charge in [0.15, 0.2) is 0 Å². The lowest BCUT2D eigenvalue weighted by molar-refractivity contribution is -0.133. The Morgan fingerprint density at radius 3 is 2.54 bits per heavy atom. The van der Waals surface area contributed by atoms with Crippen molar-refractivity contribution in [3.05, 3.63) is 71.4 Å². The second-order valence-corrected chi connectivity index (χ2v) is 9.25. The molecule has 2 aromatic carbocycles. The fraction of sp³-hybridized carbons (Fsp3) is 0.333. The molecule has 0 aliphatic carbocycles. The number of benzene rings is 2. The van der Waals surface area contributed by atoms with E-state index in [0.717, 1.165) is 22.2 Å².